The molecule has 0 atom stereocenters. The molecule has 0 spiro atoms. The van der Waals surface area contributed by atoms with Crippen molar-refractivity contribution in [1.82, 2.24) is 0 Å². The number of nitro groups is 1. The van der Waals surface area contributed by atoms with Crippen molar-refractivity contribution in [3.63, 3.8) is 0 Å². The lowest BCUT2D eigenvalue weighted by molar-refractivity contribution is -0.384. The Labute approximate surface area is 125 Å². The number of para-hydroxylation sites is 1. The molecular weight excluding hydrogens is 303 g/mol. The third kappa shape index (κ3) is 3.12. The molecule has 0 heterocycles. The van der Waals surface area contributed by atoms with Crippen LogP contribution in [0.15, 0.2) is 36.4 Å². The van der Waals surface area contributed by atoms with Gasteiger partial charge in [0.2, 0.25) is 0 Å². The van der Waals surface area contributed by atoms with Crippen LogP contribution in [0.4, 0.5) is 11.4 Å². The van der Waals surface area contributed by atoms with Crippen LogP contribution in [0.3, 0.4) is 0 Å². The lowest BCUT2D eigenvalue weighted by atomic mass is 10.1. The van der Waals surface area contributed by atoms with E-state index >= 15 is 0 Å². The van der Waals surface area contributed by atoms with Crippen LogP contribution in [0.1, 0.15) is 5.56 Å². The third-order valence-electron chi connectivity index (χ3n) is 2.66. The highest BCUT2D eigenvalue weighted by atomic mass is 35.5. The van der Waals surface area contributed by atoms with Crippen molar-refractivity contribution in [2.24, 2.45) is 0 Å². The molecule has 0 aliphatic carbocycles. The van der Waals surface area contributed by atoms with Crippen molar-refractivity contribution in [1.29, 1.82) is 0 Å². The Morgan fingerprint density at radius 1 is 1.20 bits per heavy atom. The van der Waals surface area contributed by atoms with Crippen LogP contribution in [0.25, 0.3) is 0 Å². The zero-order chi connectivity index (χ0) is 14.7. The molecule has 0 saturated heterocycles. The monoisotopic (exact) mass is 312 g/mol. The molecule has 2 aromatic rings. The van der Waals surface area contributed by atoms with E-state index in [0.717, 1.165) is 0 Å². The van der Waals surface area contributed by atoms with E-state index in [-0.39, 0.29) is 18.0 Å². The van der Waals surface area contributed by atoms with Gasteiger partial charge in [-0.3, -0.25) is 10.1 Å². The number of nitro benzene ring substituents is 1. The number of benzene rings is 2. The molecule has 0 aromatic heterocycles. The highest BCUT2D eigenvalue weighted by Crippen LogP contribution is 2.29. The lowest BCUT2D eigenvalue weighted by Crippen LogP contribution is -2.03. The van der Waals surface area contributed by atoms with E-state index in [4.69, 9.17) is 33.7 Å². The summed E-state index contributed by atoms with van der Waals surface area (Å²) in [4.78, 5) is 10.3. The fourth-order valence-electron chi connectivity index (χ4n) is 1.61. The number of halogens is 2. The van der Waals surface area contributed by atoms with E-state index in [1.807, 2.05) is 0 Å². The summed E-state index contributed by atoms with van der Waals surface area (Å²) >= 11 is 11.7. The number of nitrogens with two attached hydrogens (primary N) is 1. The van der Waals surface area contributed by atoms with Gasteiger partial charge in [-0.05, 0) is 12.1 Å². The Morgan fingerprint density at radius 2 is 1.95 bits per heavy atom. The number of anilines is 1. The Morgan fingerprint density at radius 3 is 2.60 bits per heavy atom. The normalized spacial score (nSPS) is 10.3. The third-order valence-corrected chi connectivity index (χ3v) is 3.39. The number of nitrogens with zero attached hydrogens (tertiary/aromatic N) is 1. The van der Waals surface area contributed by atoms with Crippen molar-refractivity contribution >= 4 is 34.6 Å². The molecule has 0 bridgehead atoms. The second-order valence-corrected chi connectivity index (χ2v) is 4.79. The molecule has 5 nitrogen and oxygen atoms in total. The highest BCUT2D eigenvalue weighted by Gasteiger charge is 2.14. The molecule has 2 rings (SSSR count). The second-order valence-electron chi connectivity index (χ2n) is 3.97. The number of hydrogen-bond acceptors (Lipinski definition) is 4. The molecule has 0 aliphatic rings. The minimum absolute atomic E-state index is 0.0950. The van der Waals surface area contributed by atoms with E-state index < -0.39 is 4.92 Å². The van der Waals surface area contributed by atoms with E-state index in [1.165, 1.54) is 6.07 Å². The summed E-state index contributed by atoms with van der Waals surface area (Å²) in [6.07, 6.45) is 0. The maximum atomic E-state index is 10.8. The summed E-state index contributed by atoms with van der Waals surface area (Å²) < 4.78 is 5.50. The van der Waals surface area contributed by atoms with Gasteiger partial charge in [0.1, 0.15) is 18.0 Å². The van der Waals surface area contributed by atoms with Gasteiger partial charge in [0.15, 0.2) is 0 Å². The summed E-state index contributed by atoms with van der Waals surface area (Å²) in [7, 11) is 0. The average Bonchev–Trinajstić information content (AvgIpc) is 2.41. The van der Waals surface area contributed by atoms with Gasteiger partial charge in [-0.25, -0.2) is 0 Å². The van der Waals surface area contributed by atoms with Crippen LogP contribution >= 0.6 is 23.2 Å². The van der Waals surface area contributed by atoms with Crippen LogP contribution in [0.2, 0.25) is 10.0 Å². The lowest BCUT2D eigenvalue weighted by Gasteiger charge is -2.09. The Bertz CT molecular complexity index is 662. The predicted octanol–water partition coefficient (Wildman–Crippen LogP) is 4.06. The van der Waals surface area contributed by atoms with Crippen molar-refractivity contribution in [2.45, 2.75) is 6.61 Å². The van der Waals surface area contributed by atoms with Gasteiger partial charge >= 0.3 is 0 Å². The van der Waals surface area contributed by atoms with Gasteiger partial charge in [0.05, 0.1) is 15.0 Å². The first-order valence-corrected chi connectivity index (χ1v) is 6.34. The summed E-state index contributed by atoms with van der Waals surface area (Å²) in [5.74, 6) is 0.505. The predicted molar refractivity (Wildman–Crippen MR) is 78.3 cm³/mol. The number of nitrogen functional groups attached to an aromatic ring is 1. The van der Waals surface area contributed by atoms with Gasteiger partial charge < -0.3 is 10.5 Å². The van der Waals surface area contributed by atoms with Crippen LogP contribution in [-0.2, 0) is 6.61 Å². The average molecular weight is 313 g/mol. The summed E-state index contributed by atoms with van der Waals surface area (Å²) in [5.41, 5.74) is 6.22. The maximum Gasteiger partial charge on any atom is 0.292 e. The summed E-state index contributed by atoms with van der Waals surface area (Å²) in [5, 5.41) is 11.6. The van der Waals surface area contributed by atoms with Crippen molar-refractivity contribution in [3.05, 3.63) is 62.1 Å². The molecule has 7 heteroatoms. The smallest absolute Gasteiger partial charge is 0.292 e. The van der Waals surface area contributed by atoms with Crippen molar-refractivity contribution < 1.29 is 9.66 Å². The standard InChI is InChI=1S/C13H10Cl2N2O3/c14-10-5-4-9(6-11(10)15)20-7-8-2-1-3-12(13(8)16)17(18)19/h1-6H,7,16H2. The Hall–Kier alpha value is -1.98. The molecule has 2 N–H and O–H groups in total. The van der Waals surface area contributed by atoms with Gasteiger partial charge in [-0.1, -0.05) is 35.3 Å². The van der Waals surface area contributed by atoms with E-state index in [1.54, 1.807) is 30.3 Å². The highest BCUT2D eigenvalue weighted by molar-refractivity contribution is 6.42. The topological polar surface area (TPSA) is 78.4 Å². The number of hydrogen-bond donors (Lipinski definition) is 1. The molecule has 104 valence electrons. The Kier molecular flexibility index (Phi) is 4.32. The zero-order valence-corrected chi connectivity index (χ0v) is 11.7. The molecule has 0 radical (unpaired) electrons. The molecule has 0 aliphatic heterocycles. The van der Waals surface area contributed by atoms with Crippen molar-refractivity contribution in [2.75, 3.05) is 5.73 Å². The summed E-state index contributed by atoms with van der Waals surface area (Å²) in [6.45, 7) is 0.103. The largest absolute Gasteiger partial charge is 0.489 e. The van der Waals surface area contributed by atoms with Crippen LogP contribution < -0.4 is 10.5 Å². The van der Waals surface area contributed by atoms with Gasteiger partial charge in [0.25, 0.3) is 5.69 Å². The summed E-state index contributed by atoms with van der Waals surface area (Å²) in [6, 6.07) is 9.40. The van der Waals surface area contributed by atoms with Crippen LogP contribution in [0.5, 0.6) is 5.75 Å². The first-order chi connectivity index (χ1) is 9.49. The molecule has 0 unspecified atom stereocenters. The van der Waals surface area contributed by atoms with E-state index in [0.29, 0.717) is 21.4 Å². The molecular formula is C13H10Cl2N2O3. The minimum Gasteiger partial charge on any atom is -0.489 e. The fraction of sp³-hybridized carbons (Fsp3) is 0.0769. The first kappa shape index (κ1) is 14.4. The fourth-order valence-corrected chi connectivity index (χ4v) is 1.90. The number of rotatable bonds is 4. The molecule has 0 saturated carbocycles. The van der Waals surface area contributed by atoms with Gasteiger partial charge in [-0.15, -0.1) is 0 Å². The van der Waals surface area contributed by atoms with Crippen molar-refractivity contribution in [3.8, 4) is 5.75 Å². The molecule has 20 heavy (non-hydrogen) atoms. The molecule has 0 fully saturated rings. The van der Waals surface area contributed by atoms with Gasteiger partial charge in [-0.2, -0.15) is 0 Å². The van der Waals surface area contributed by atoms with E-state index in [9.17, 15) is 10.1 Å². The quantitative estimate of drug-likeness (QED) is 0.524. The Balaban J connectivity index is 2.17. The van der Waals surface area contributed by atoms with E-state index in [2.05, 4.69) is 0 Å². The number of ether oxygens (including phenoxy) is 1. The SMILES string of the molecule is Nc1c(COc2ccc(Cl)c(Cl)c2)cccc1[N+](=O)[O-]. The van der Waals surface area contributed by atoms with Crippen LogP contribution in [-0.4, -0.2) is 4.92 Å². The maximum absolute atomic E-state index is 10.8. The second kappa shape index (κ2) is 5.98. The van der Waals surface area contributed by atoms with Gasteiger partial charge in [0, 0.05) is 17.7 Å². The zero-order valence-electron chi connectivity index (χ0n) is 10.2. The first-order valence-electron chi connectivity index (χ1n) is 5.58. The minimum atomic E-state index is -0.530. The molecule has 0 amide bonds. The molecule has 2 aromatic carbocycles. The van der Waals surface area contributed by atoms with Crippen LogP contribution in [0, 0.1) is 10.1 Å².